The molecular formula is C20H30O7. The number of fused-ring (bicyclic) bond motifs is 1. The summed E-state index contributed by atoms with van der Waals surface area (Å²) < 4.78 is 29.1. The molecule has 152 valence electrons. The van der Waals surface area contributed by atoms with Crippen LogP contribution in [0.4, 0.5) is 0 Å². The second kappa shape index (κ2) is 8.43. The van der Waals surface area contributed by atoms with Crippen LogP contribution < -0.4 is 4.74 Å². The van der Waals surface area contributed by atoms with Crippen molar-refractivity contribution in [2.75, 3.05) is 13.2 Å². The lowest BCUT2D eigenvalue weighted by molar-refractivity contribution is -0.232. The first-order valence-corrected chi connectivity index (χ1v) is 9.42. The number of aliphatic hydroxyl groups is 2. The molecule has 1 aromatic rings. The number of hydrogen-bond donors (Lipinski definition) is 2. The molecule has 3 rings (SSSR count). The lowest BCUT2D eigenvalue weighted by Gasteiger charge is -2.28. The van der Waals surface area contributed by atoms with Crippen molar-refractivity contribution in [3.63, 3.8) is 0 Å². The summed E-state index contributed by atoms with van der Waals surface area (Å²) in [6.07, 6.45) is -3.41. The summed E-state index contributed by atoms with van der Waals surface area (Å²) >= 11 is 0. The lowest BCUT2D eigenvalue weighted by Crippen LogP contribution is -2.44. The van der Waals surface area contributed by atoms with E-state index < -0.39 is 43.1 Å². The molecule has 0 aromatic heterocycles. The van der Waals surface area contributed by atoms with Crippen molar-refractivity contribution in [2.45, 2.75) is 70.8 Å². The van der Waals surface area contributed by atoms with Gasteiger partial charge in [0.1, 0.15) is 30.2 Å². The largest absolute Gasteiger partial charge is 0.493 e. The summed E-state index contributed by atoms with van der Waals surface area (Å²) in [4.78, 5) is 0. The van der Waals surface area contributed by atoms with Gasteiger partial charge < -0.3 is 33.9 Å². The van der Waals surface area contributed by atoms with Crippen LogP contribution in [0, 0.1) is 5.92 Å². The minimum Gasteiger partial charge on any atom is -0.493 e. The zero-order chi connectivity index (χ0) is 19.6. The molecule has 0 spiro atoms. The van der Waals surface area contributed by atoms with Gasteiger partial charge in [0.25, 0.3) is 0 Å². The molecule has 7 heteroatoms. The Bertz CT molecular complexity index is 601. The molecule has 0 bridgehead atoms. The quantitative estimate of drug-likeness (QED) is 0.709. The van der Waals surface area contributed by atoms with E-state index in [0.29, 0.717) is 19.1 Å². The van der Waals surface area contributed by atoms with Gasteiger partial charge >= 0.3 is 0 Å². The Labute approximate surface area is 160 Å². The van der Waals surface area contributed by atoms with E-state index in [1.165, 1.54) is 0 Å². The van der Waals surface area contributed by atoms with Crippen molar-refractivity contribution < 1.29 is 33.9 Å². The second-order valence-electron chi connectivity index (χ2n) is 7.94. The highest BCUT2D eigenvalue weighted by Crippen LogP contribution is 2.39. The maximum Gasteiger partial charge on any atom is 0.190 e. The smallest absolute Gasteiger partial charge is 0.190 e. The van der Waals surface area contributed by atoms with E-state index in [1.54, 1.807) is 13.8 Å². The van der Waals surface area contributed by atoms with Gasteiger partial charge in [-0.15, -0.1) is 0 Å². The first kappa shape index (κ1) is 20.5. The summed E-state index contributed by atoms with van der Waals surface area (Å²) in [6, 6.07) is 7.70. The molecule has 2 aliphatic heterocycles. The third-order valence-corrected chi connectivity index (χ3v) is 4.54. The van der Waals surface area contributed by atoms with E-state index in [-0.39, 0.29) is 0 Å². The number of benzene rings is 1. The molecule has 2 aliphatic rings. The van der Waals surface area contributed by atoms with Gasteiger partial charge in [-0.05, 0) is 37.5 Å². The van der Waals surface area contributed by atoms with Crippen LogP contribution in [0.2, 0.25) is 0 Å². The predicted octanol–water partition coefficient (Wildman–Crippen LogP) is 1.84. The van der Waals surface area contributed by atoms with Crippen LogP contribution in [0.15, 0.2) is 24.3 Å². The van der Waals surface area contributed by atoms with E-state index in [0.717, 1.165) is 11.3 Å². The average Bonchev–Trinajstić information content (AvgIpc) is 3.10. The molecule has 2 heterocycles. The standard InChI is InChI=1S/C20H30O7/c1-12(2)10-23-14-7-5-13(6-8-14)11-24-17-16(15(22)9-21)25-19-18(17)26-20(3,4)27-19/h5-8,12,15-19,21-22H,9-11H2,1-4H3/t15-,16-,17+,18+,19+/m1/s1. The highest BCUT2D eigenvalue weighted by Gasteiger charge is 2.56. The number of aliphatic hydroxyl groups excluding tert-OH is 2. The van der Waals surface area contributed by atoms with Crippen molar-refractivity contribution in [3.8, 4) is 5.75 Å². The molecule has 0 radical (unpaired) electrons. The van der Waals surface area contributed by atoms with Crippen molar-refractivity contribution in [1.29, 1.82) is 0 Å². The molecule has 7 nitrogen and oxygen atoms in total. The van der Waals surface area contributed by atoms with E-state index in [4.69, 9.17) is 23.7 Å². The van der Waals surface area contributed by atoms with Gasteiger partial charge in [-0.2, -0.15) is 0 Å². The van der Waals surface area contributed by atoms with Gasteiger partial charge in [0.15, 0.2) is 12.1 Å². The highest BCUT2D eigenvalue weighted by molar-refractivity contribution is 5.27. The number of rotatable bonds is 8. The summed E-state index contributed by atoms with van der Waals surface area (Å²) in [7, 11) is 0. The van der Waals surface area contributed by atoms with Crippen LogP contribution in [-0.2, 0) is 25.6 Å². The molecule has 0 amide bonds. The van der Waals surface area contributed by atoms with Crippen molar-refractivity contribution in [2.24, 2.45) is 5.92 Å². The Morgan fingerprint density at radius 1 is 1.15 bits per heavy atom. The van der Waals surface area contributed by atoms with Crippen molar-refractivity contribution >= 4 is 0 Å². The van der Waals surface area contributed by atoms with E-state index in [9.17, 15) is 10.2 Å². The monoisotopic (exact) mass is 382 g/mol. The maximum atomic E-state index is 10.1. The van der Waals surface area contributed by atoms with Gasteiger partial charge in [0, 0.05) is 0 Å². The maximum absolute atomic E-state index is 10.1. The summed E-state index contributed by atoms with van der Waals surface area (Å²) in [5.41, 5.74) is 0.964. The normalized spacial score (nSPS) is 30.5. The van der Waals surface area contributed by atoms with Crippen LogP contribution in [0.5, 0.6) is 5.75 Å². The first-order chi connectivity index (χ1) is 12.8. The lowest BCUT2D eigenvalue weighted by atomic mass is 10.1. The van der Waals surface area contributed by atoms with Crippen LogP contribution in [0.1, 0.15) is 33.3 Å². The summed E-state index contributed by atoms with van der Waals surface area (Å²) in [6.45, 7) is 8.39. The molecule has 1 aromatic carbocycles. The molecular weight excluding hydrogens is 352 g/mol. The van der Waals surface area contributed by atoms with Gasteiger partial charge in [0.2, 0.25) is 0 Å². The van der Waals surface area contributed by atoms with Gasteiger partial charge in [-0.1, -0.05) is 26.0 Å². The number of hydrogen-bond acceptors (Lipinski definition) is 7. The van der Waals surface area contributed by atoms with Crippen LogP contribution in [0.25, 0.3) is 0 Å². The minimum atomic E-state index is -1.07. The molecule has 0 unspecified atom stereocenters. The predicted molar refractivity (Wildman–Crippen MR) is 97.1 cm³/mol. The molecule has 0 aliphatic carbocycles. The molecule has 5 atom stereocenters. The minimum absolute atomic E-state index is 0.320. The Balaban J connectivity index is 1.61. The third kappa shape index (κ3) is 4.99. The van der Waals surface area contributed by atoms with Crippen molar-refractivity contribution in [3.05, 3.63) is 29.8 Å². The Morgan fingerprint density at radius 2 is 1.85 bits per heavy atom. The topological polar surface area (TPSA) is 86.6 Å². The Kier molecular flexibility index (Phi) is 6.40. The SMILES string of the molecule is CC(C)COc1ccc(CO[C@@H]2[C@@H]3OC(C)(C)O[C@@H]3O[C@@H]2[C@H](O)CO)cc1. The Hall–Kier alpha value is -1.22. The fourth-order valence-corrected chi connectivity index (χ4v) is 3.24. The number of ether oxygens (including phenoxy) is 5. The summed E-state index contributed by atoms with van der Waals surface area (Å²) in [5.74, 6) is 0.511. The zero-order valence-corrected chi connectivity index (χ0v) is 16.3. The third-order valence-electron chi connectivity index (χ3n) is 4.54. The Morgan fingerprint density at radius 3 is 2.48 bits per heavy atom. The van der Waals surface area contributed by atoms with Crippen molar-refractivity contribution in [1.82, 2.24) is 0 Å². The molecule has 2 saturated heterocycles. The fraction of sp³-hybridized carbons (Fsp3) is 0.700. The molecule has 2 fully saturated rings. The van der Waals surface area contributed by atoms with E-state index in [2.05, 4.69) is 13.8 Å². The first-order valence-electron chi connectivity index (χ1n) is 9.42. The van der Waals surface area contributed by atoms with Crippen LogP contribution in [0.3, 0.4) is 0 Å². The van der Waals surface area contributed by atoms with E-state index >= 15 is 0 Å². The molecule has 27 heavy (non-hydrogen) atoms. The summed E-state index contributed by atoms with van der Waals surface area (Å²) in [5, 5.41) is 19.4. The second-order valence-corrected chi connectivity index (χ2v) is 7.94. The van der Waals surface area contributed by atoms with Gasteiger partial charge in [-0.3, -0.25) is 0 Å². The van der Waals surface area contributed by atoms with Gasteiger partial charge in [-0.25, -0.2) is 0 Å². The highest BCUT2D eigenvalue weighted by atomic mass is 16.8. The van der Waals surface area contributed by atoms with Crippen LogP contribution >= 0.6 is 0 Å². The van der Waals surface area contributed by atoms with E-state index in [1.807, 2.05) is 24.3 Å². The fourth-order valence-electron chi connectivity index (χ4n) is 3.24. The van der Waals surface area contributed by atoms with Gasteiger partial charge in [0.05, 0.1) is 19.8 Å². The molecule has 2 N–H and O–H groups in total. The average molecular weight is 382 g/mol. The van der Waals surface area contributed by atoms with Crippen LogP contribution in [-0.4, -0.2) is 59.9 Å². The zero-order valence-electron chi connectivity index (χ0n) is 16.3. The molecule has 0 saturated carbocycles.